The van der Waals surface area contributed by atoms with Crippen LogP contribution in [0.25, 0.3) is 0 Å². The van der Waals surface area contributed by atoms with Crippen molar-refractivity contribution in [2.45, 2.75) is 32.6 Å². The molecule has 1 aromatic heterocycles. The van der Waals surface area contributed by atoms with Gasteiger partial charge < -0.3 is 14.5 Å². The van der Waals surface area contributed by atoms with Gasteiger partial charge in [0.05, 0.1) is 47.4 Å². The van der Waals surface area contributed by atoms with E-state index in [2.05, 4.69) is 15.5 Å². The van der Waals surface area contributed by atoms with Crippen molar-refractivity contribution in [1.82, 2.24) is 9.29 Å². The maximum atomic E-state index is 13.2. The SMILES string of the molecule is CCOC(=O)c1c(C)[nH]c(/C(C)=N/Nc2ccc([N+](=O)[O-])cc2S(=O)(=O)N2CCOCC2)c1C. The number of carbonyl (C=O) groups excluding carboxylic acids is 1. The maximum absolute atomic E-state index is 13.2. The second-order valence-electron chi connectivity index (χ2n) is 7.61. The minimum Gasteiger partial charge on any atom is -0.462 e. The Labute approximate surface area is 197 Å². The van der Waals surface area contributed by atoms with E-state index in [0.29, 0.717) is 28.2 Å². The van der Waals surface area contributed by atoms with Gasteiger partial charge in [-0.2, -0.15) is 9.41 Å². The third kappa shape index (κ3) is 5.11. The van der Waals surface area contributed by atoms with Gasteiger partial charge in [0.2, 0.25) is 10.0 Å². The Morgan fingerprint density at radius 2 is 2.00 bits per heavy atom. The summed E-state index contributed by atoms with van der Waals surface area (Å²) in [5.74, 6) is -0.449. The maximum Gasteiger partial charge on any atom is 0.340 e. The molecule has 3 rings (SSSR count). The van der Waals surface area contributed by atoms with E-state index < -0.39 is 20.9 Å². The quantitative estimate of drug-likeness (QED) is 0.246. The number of hydrazone groups is 1. The van der Waals surface area contributed by atoms with Crippen LogP contribution in [0.1, 0.15) is 41.2 Å². The van der Waals surface area contributed by atoms with Crippen LogP contribution in [-0.2, 0) is 19.5 Å². The lowest BCUT2D eigenvalue weighted by molar-refractivity contribution is -0.385. The van der Waals surface area contributed by atoms with Crippen molar-refractivity contribution < 1.29 is 27.6 Å². The molecule has 12 nitrogen and oxygen atoms in total. The number of nitro benzene ring substituents is 1. The van der Waals surface area contributed by atoms with Gasteiger partial charge in [0.1, 0.15) is 4.90 Å². The Morgan fingerprint density at radius 1 is 1.32 bits per heavy atom. The lowest BCUT2D eigenvalue weighted by Gasteiger charge is -2.26. The van der Waals surface area contributed by atoms with Crippen molar-refractivity contribution in [1.29, 1.82) is 0 Å². The van der Waals surface area contributed by atoms with E-state index in [9.17, 15) is 23.3 Å². The zero-order chi connectivity index (χ0) is 25.0. The van der Waals surface area contributed by atoms with Crippen molar-refractivity contribution in [2.75, 3.05) is 38.3 Å². The fourth-order valence-electron chi connectivity index (χ4n) is 3.68. The first-order valence-corrected chi connectivity index (χ1v) is 12.0. The molecular formula is C21H27N5O7S. The number of anilines is 1. The topological polar surface area (TPSA) is 156 Å². The van der Waals surface area contributed by atoms with Crippen LogP contribution in [0.3, 0.4) is 0 Å². The number of esters is 1. The summed E-state index contributed by atoms with van der Waals surface area (Å²) >= 11 is 0. The molecule has 13 heteroatoms. The molecule has 0 bridgehead atoms. The normalized spacial score (nSPS) is 15.2. The Balaban J connectivity index is 1.98. The highest BCUT2D eigenvalue weighted by Gasteiger charge is 2.30. The number of nitrogens with zero attached hydrogens (tertiary/aromatic N) is 3. The monoisotopic (exact) mass is 493 g/mol. The Kier molecular flexibility index (Phi) is 7.69. The predicted octanol–water partition coefficient (Wildman–Crippen LogP) is 2.57. The number of carbonyl (C=O) groups is 1. The minimum atomic E-state index is -4.04. The van der Waals surface area contributed by atoms with Crippen molar-refractivity contribution >= 4 is 33.1 Å². The Bertz CT molecular complexity index is 1230. The lowest BCUT2D eigenvalue weighted by Crippen LogP contribution is -2.40. The number of H-pyrrole nitrogens is 1. The molecule has 0 spiro atoms. The zero-order valence-corrected chi connectivity index (χ0v) is 20.2. The van der Waals surface area contributed by atoms with Crippen LogP contribution < -0.4 is 5.43 Å². The largest absolute Gasteiger partial charge is 0.462 e. The molecule has 0 radical (unpaired) electrons. The summed E-state index contributed by atoms with van der Waals surface area (Å²) < 4.78 is 38.0. The number of benzene rings is 1. The van der Waals surface area contributed by atoms with Crippen LogP contribution in [0.2, 0.25) is 0 Å². The van der Waals surface area contributed by atoms with E-state index in [1.165, 1.54) is 16.4 Å². The van der Waals surface area contributed by atoms with Crippen LogP contribution in [-0.4, -0.2) is 67.2 Å². The van der Waals surface area contributed by atoms with Gasteiger partial charge in [-0.1, -0.05) is 0 Å². The highest BCUT2D eigenvalue weighted by atomic mass is 32.2. The predicted molar refractivity (Wildman–Crippen MR) is 125 cm³/mol. The minimum absolute atomic E-state index is 0.0861. The molecule has 1 aliphatic heterocycles. The molecule has 2 heterocycles. The molecule has 0 atom stereocenters. The third-order valence-electron chi connectivity index (χ3n) is 5.39. The number of aromatic nitrogens is 1. The van der Waals surface area contributed by atoms with E-state index in [0.717, 1.165) is 6.07 Å². The highest BCUT2D eigenvalue weighted by molar-refractivity contribution is 7.89. The van der Waals surface area contributed by atoms with E-state index >= 15 is 0 Å². The number of non-ortho nitro benzene ring substituents is 1. The van der Waals surface area contributed by atoms with Crippen LogP contribution in [0.5, 0.6) is 0 Å². The average molecular weight is 494 g/mol. The Hall–Kier alpha value is -3.29. The molecule has 0 unspecified atom stereocenters. The number of nitro groups is 1. The molecule has 184 valence electrons. The van der Waals surface area contributed by atoms with Gasteiger partial charge >= 0.3 is 5.97 Å². The summed E-state index contributed by atoms with van der Waals surface area (Å²) in [4.78, 5) is 25.7. The van der Waals surface area contributed by atoms with Gasteiger partial charge in [0, 0.05) is 30.9 Å². The van der Waals surface area contributed by atoms with Gasteiger partial charge in [-0.05, 0) is 39.3 Å². The first kappa shape index (κ1) is 25.3. The van der Waals surface area contributed by atoms with Crippen LogP contribution >= 0.6 is 0 Å². The number of rotatable bonds is 8. The number of morpholine rings is 1. The third-order valence-corrected chi connectivity index (χ3v) is 7.33. The van der Waals surface area contributed by atoms with Crippen molar-refractivity contribution in [2.24, 2.45) is 5.10 Å². The molecule has 2 N–H and O–H groups in total. The summed E-state index contributed by atoms with van der Waals surface area (Å²) in [5.41, 5.74) is 5.16. The standard InChI is InChI=1S/C21H27N5O7S/c1-5-33-21(27)19-13(2)20(22-14(19)3)15(4)23-24-17-7-6-16(26(28)29)12-18(17)34(30,31)25-8-10-32-11-9-25/h6-7,12,22,24H,5,8-11H2,1-4H3/b23-15+. The van der Waals surface area contributed by atoms with Gasteiger partial charge in [-0.15, -0.1) is 0 Å². The van der Waals surface area contributed by atoms with Crippen LogP contribution in [0.15, 0.2) is 28.2 Å². The number of ether oxygens (including phenoxy) is 2. The highest BCUT2D eigenvalue weighted by Crippen LogP contribution is 2.30. The molecule has 0 aliphatic carbocycles. The summed E-state index contributed by atoms with van der Waals surface area (Å²) in [6.07, 6.45) is 0. The molecule has 1 saturated heterocycles. The smallest absolute Gasteiger partial charge is 0.340 e. The summed E-state index contributed by atoms with van der Waals surface area (Å²) in [6, 6.07) is 3.52. The lowest BCUT2D eigenvalue weighted by atomic mass is 10.1. The Morgan fingerprint density at radius 3 is 2.62 bits per heavy atom. The molecular weight excluding hydrogens is 466 g/mol. The van der Waals surface area contributed by atoms with Crippen molar-refractivity contribution in [3.8, 4) is 0 Å². The van der Waals surface area contributed by atoms with E-state index in [-0.39, 0.29) is 49.2 Å². The molecule has 1 aliphatic rings. The number of sulfonamides is 1. The second kappa shape index (κ2) is 10.3. The van der Waals surface area contributed by atoms with Crippen molar-refractivity contribution in [3.05, 3.63) is 50.8 Å². The number of nitrogens with one attached hydrogen (secondary N) is 2. The van der Waals surface area contributed by atoms with Gasteiger partial charge in [0.15, 0.2) is 0 Å². The molecule has 0 saturated carbocycles. The molecule has 1 aromatic carbocycles. The van der Waals surface area contributed by atoms with E-state index in [1.807, 2.05) is 0 Å². The van der Waals surface area contributed by atoms with Gasteiger partial charge in [-0.25, -0.2) is 13.2 Å². The zero-order valence-electron chi connectivity index (χ0n) is 19.4. The summed E-state index contributed by atoms with van der Waals surface area (Å²) in [7, 11) is -4.04. The van der Waals surface area contributed by atoms with Gasteiger partial charge in [0.25, 0.3) is 5.69 Å². The van der Waals surface area contributed by atoms with Crippen molar-refractivity contribution in [3.63, 3.8) is 0 Å². The molecule has 1 fully saturated rings. The number of aryl methyl sites for hydroxylation is 1. The number of hydrogen-bond acceptors (Lipinski definition) is 9. The van der Waals surface area contributed by atoms with E-state index in [4.69, 9.17) is 9.47 Å². The number of aromatic amines is 1. The van der Waals surface area contributed by atoms with Gasteiger partial charge in [-0.3, -0.25) is 15.5 Å². The van der Waals surface area contributed by atoms with Crippen LogP contribution in [0.4, 0.5) is 11.4 Å². The second-order valence-corrected chi connectivity index (χ2v) is 9.51. The molecule has 34 heavy (non-hydrogen) atoms. The first-order chi connectivity index (χ1) is 16.1. The first-order valence-electron chi connectivity index (χ1n) is 10.6. The summed E-state index contributed by atoms with van der Waals surface area (Å²) in [5, 5.41) is 15.6. The fraction of sp³-hybridized carbons (Fsp3) is 0.429. The van der Waals surface area contributed by atoms with Crippen LogP contribution in [0, 0.1) is 24.0 Å². The fourth-order valence-corrected chi connectivity index (χ4v) is 5.25. The average Bonchev–Trinajstić information content (AvgIpc) is 3.11. The number of hydrogen-bond donors (Lipinski definition) is 2. The van der Waals surface area contributed by atoms with E-state index in [1.54, 1.807) is 27.7 Å². The molecule has 0 amide bonds. The molecule has 2 aromatic rings. The summed E-state index contributed by atoms with van der Waals surface area (Å²) in [6.45, 7) is 7.91.